The van der Waals surface area contributed by atoms with Gasteiger partial charge in [-0.1, -0.05) is 13.3 Å². The van der Waals surface area contributed by atoms with Crippen LogP contribution in [-0.4, -0.2) is 36.5 Å². The molecular weight excluding hydrogens is 236 g/mol. The highest BCUT2D eigenvalue weighted by molar-refractivity contribution is 5.80. The molecule has 19 heavy (non-hydrogen) atoms. The highest BCUT2D eigenvalue weighted by Gasteiger charge is 2.45. The summed E-state index contributed by atoms with van der Waals surface area (Å²) in [6.07, 6.45) is 8.61. The number of nitrogens with one attached hydrogen (secondary N) is 1. The van der Waals surface area contributed by atoms with Crippen molar-refractivity contribution in [3.8, 4) is 0 Å². The molecule has 1 aliphatic heterocycles. The summed E-state index contributed by atoms with van der Waals surface area (Å²) in [6, 6.07) is 0.507. The van der Waals surface area contributed by atoms with E-state index in [1.54, 1.807) is 0 Å². The lowest BCUT2D eigenvalue weighted by Crippen LogP contribution is -2.49. The first-order chi connectivity index (χ1) is 9.29. The molecule has 1 heterocycles. The van der Waals surface area contributed by atoms with Crippen LogP contribution in [0.2, 0.25) is 0 Å². The van der Waals surface area contributed by atoms with Crippen LogP contribution < -0.4 is 5.32 Å². The summed E-state index contributed by atoms with van der Waals surface area (Å²) in [4.78, 5) is 15.2. The van der Waals surface area contributed by atoms with Gasteiger partial charge >= 0.3 is 0 Å². The van der Waals surface area contributed by atoms with Crippen molar-refractivity contribution in [2.24, 2.45) is 17.8 Å². The van der Waals surface area contributed by atoms with Gasteiger partial charge in [0.05, 0.1) is 0 Å². The van der Waals surface area contributed by atoms with Crippen molar-refractivity contribution in [1.29, 1.82) is 0 Å². The molecule has 0 radical (unpaired) electrons. The van der Waals surface area contributed by atoms with Crippen LogP contribution in [0.3, 0.4) is 0 Å². The molecule has 3 nitrogen and oxygen atoms in total. The van der Waals surface area contributed by atoms with E-state index in [1.807, 2.05) is 0 Å². The monoisotopic (exact) mass is 264 g/mol. The van der Waals surface area contributed by atoms with E-state index in [2.05, 4.69) is 17.1 Å². The predicted octanol–water partition coefficient (Wildman–Crippen LogP) is 2.41. The number of hydrogen-bond acceptors (Lipinski definition) is 2. The molecule has 2 aliphatic carbocycles. The molecule has 3 atom stereocenters. The van der Waals surface area contributed by atoms with Gasteiger partial charge in [-0.3, -0.25) is 4.79 Å². The number of rotatable bonds is 4. The van der Waals surface area contributed by atoms with Gasteiger partial charge in [0.2, 0.25) is 5.91 Å². The Morgan fingerprint density at radius 3 is 2.53 bits per heavy atom. The number of carbonyl (C=O) groups is 1. The zero-order chi connectivity index (χ0) is 13.2. The normalized spacial score (nSPS) is 34.7. The molecule has 2 bridgehead atoms. The van der Waals surface area contributed by atoms with Crippen LogP contribution in [0.1, 0.15) is 51.9 Å². The van der Waals surface area contributed by atoms with E-state index < -0.39 is 0 Å². The Balaban J connectivity index is 1.66. The topological polar surface area (TPSA) is 32.3 Å². The average Bonchev–Trinajstić information content (AvgIpc) is 3.07. The van der Waals surface area contributed by atoms with Gasteiger partial charge in [0.1, 0.15) is 0 Å². The molecule has 0 aromatic rings. The Labute approximate surface area is 117 Å². The first-order valence-corrected chi connectivity index (χ1v) is 8.30. The zero-order valence-electron chi connectivity index (χ0n) is 12.2. The Kier molecular flexibility index (Phi) is 4.11. The predicted molar refractivity (Wildman–Crippen MR) is 76.8 cm³/mol. The first-order valence-electron chi connectivity index (χ1n) is 8.30. The summed E-state index contributed by atoms with van der Waals surface area (Å²) in [5.74, 6) is 2.47. The van der Waals surface area contributed by atoms with E-state index in [9.17, 15) is 4.79 Å². The third-order valence-corrected chi connectivity index (χ3v) is 5.55. The average molecular weight is 264 g/mol. The second kappa shape index (κ2) is 5.82. The molecule has 108 valence electrons. The molecule has 1 saturated heterocycles. The highest BCUT2D eigenvalue weighted by Crippen LogP contribution is 2.49. The fourth-order valence-electron chi connectivity index (χ4n) is 4.59. The molecule has 3 heteroatoms. The molecule has 0 aromatic heterocycles. The summed E-state index contributed by atoms with van der Waals surface area (Å²) in [5, 5.41) is 3.41. The summed E-state index contributed by atoms with van der Waals surface area (Å²) < 4.78 is 0. The summed E-state index contributed by atoms with van der Waals surface area (Å²) in [7, 11) is 0. The van der Waals surface area contributed by atoms with Crippen molar-refractivity contribution in [3.05, 3.63) is 0 Å². The highest BCUT2D eigenvalue weighted by atomic mass is 16.2. The Morgan fingerprint density at radius 1 is 1.16 bits per heavy atom. The van der Waals surface area contributed by atoms with Gasteiger partial charge in [-0.2, -0.15) is 0 Å². The van der Waals surface area contributed by atoms with Crippen molar-refractivity contribution in [2.75, 3.05) is 19.6 Å². The minimum absolute atomic E-state index is 0.375. The maximum absolute atomic E-state index is 12.9. The second-order valence-corrected chi connectivity index (χ2v) is 6.79. The number of nitrogens with zero attached hydrogens (tertiary/aromatic N) is 1. The van der Waals surface area contributed by atoms with Gasteiger partial charge in [0.25, 0.3) is 0 Å². The number of fused-ring (bicyclic) bond motifs is 2. The van der Waals surface area contributed by atoms with Crippen LogP contribution in [0, 0.1) is 17.8 Å². The number of hydrogen-bond donors (Lipinski definition) is 1. The molecule has 1 amide bonds. The number of amides is 1. The van der Waals surface area contributed by atoms with Gasteiger partial charge in [-0.05, 0) is 63.5 Å². The van der Waals surface area contributed by atoms with Gasteiger partial charge in [0, 0.05) is 18.5 Å². The fourth-order valence-corrected chi connectivity index (χ4v) is 4.59. The molecule has 3 aliphatic rings. The molecule has 3 unspecified atom stereocenters. The van der Waals surface area contributed by atoms with Crippen molar-refractivity contribution in [2.45, 2.75) is 57.9 Å². The molecule has 0 spiro atoms. The lowest BCUT2D eigenvalue weighted by Gasteiger charge is -2.37. The van der Waals surface area contributed by atoms with Crippen LogP contribution in [0.15, 0.2) is 0 Å². The summed E-state index contributed by atoms with van der Waals surface area (Å²) >= 11 is 0. The van der Waals surface area contributed by atoms with E-state index in [1.165, 1.54) is 25.7 Å². The number of carbonyl (C=O) groups excluding carboxylic acids is 1. The Bertz CT molecular complexity index is 325. The van der Waals surface area contributed by atoms with Crippen molar-refractivity contribution in [3.63, 3.8) is 0 Å². The minimum Gasteiger partial charge on any atom is -0.339 e. The third-order valence-electron chi connectivity index (χ3n) is 5.55. The van der Waals surface area contributed by atoms with Crippen molar-refractivity contribution in [1.82, 2.24) is 10.2 Å². The fraction of sp³-hybridized carbons (Fsp3) is 0.938. The largest absolute Gasteiger partial charge is 0.339 e. The summed E-state index contributed by atoms with van der Waals surface area (Å²) in [6.45, 7) is 5.32. The van der Waals surface area contributed by atoms with Crippen LogP contribution in [0.4, 0.5) is 0 Å². The molecule has 3 fully saturated rings. The molecular formula is C16H28N2O. The maximum atomic E-state index is 12.9. The Hall–Kier alpha value is -0.570. The molecule has 3 rings (SSSR count). The van der Waals surface area contributed by atoms with Crippen LogP contribution in [0.5, 0.6) is 0 Å². The number of piperidine rings is 1. The van der Waals surface area contributed by atoms with Crippen molar-refractivity contribution < 1.29 is 4.79 Å². The minimum atomic E-state index is 0.375. The van der Waals surface area contributed by atoms with Crippen LogP contribution in [-0.2, 0) is 4.79 Å². The second-order valence-electron chi connectivity index (χ2n) is 6.79. The molecule has 1 N–H and O–H groups in total. The van der Waals surface area contributed by atoms with E-state index in [4.69, 9.17) is 0 Å². The quantitative estimate of drug-likeness (QED) is 0.845. The van der Waals surface area contributed by atoms with Gasteiger partial charge in [0.15, 0.2) is 0 Å². The van der Waals surface area contributed by atoms with E-state index in [-0.39, 0.29) is 0 Å². The zero-order valence-corrected chi connectivity index (χ0v) is 12.2. The van der Waals surface area contributed by atoms with Gasteiger partial charge < -0.3 is 10.2 Å². The first kappa shape index (κ1) is 13.4. The van der Waals surface area contributed by atoms with Crippen LogP contribution >= 0.6 is 0 Å². The molecule has 2 saturated carbocycles. The standard InChI is InChI=1S/C16H28N2O/c1-2-9-18(14-5-7-17-8-6-14)16(19)15-11-12-3-4-13(15)10-12/h12-15,17H,2-11H2,1H3. The van der Waals surface area contributed by atoms with Gasteiger partial charge in [-0.15, -0.1) is 0 Å². The summed E-state index contributed by atoms with van der Waals surface area (Å²) in [5.41, 5.74) is 0. The lowest BCUT2D eigenvalue weighted by molar-refractivity contribution is -0.140. The third kappa shape index (κ3) is 2.67. The Morgan fingerprint density at radius 2 is 1.95 bits per heavy atom. The van der Waals surface area contributed by atoms with E-state index >= 15 is 0 Å². The SMILES string of the molecule is CCCN(C(=O)C1CC2CCC1C2)C1CCNCC1. The van der Waals surface area contributed by atoms with Crippen LogP contribution in [0.25, 0.3) is 0 Å². The van der Waals surface area contributed by atoms with E-state index in [0.717, 1.165) is 50.7 Å². The van der Waals surface area contributed by atoms with E-state index in [0.29, 0.717) is 17.9 Å². The molecule has 0 aromatic carbocycles. The van der Waals surface area contributed by atoms with Gasteiger partial charge in [-0.25, -0.2) is 0 Å². The smallest absolute Gasteiger partial charge is 0.226 e. The lowest BCUT2D eigenvalue weighted by atomic mass is 9.87. The van der Waals surface area contributed by atoms with Crippen molar-refractivity contribution >= 4 is 5.91 Å². The maximum Gasteiger partial charge on any atom is 0.226 e.